The number of carbonyl (C=O) groups is 1. The predicted octanol–water partition coefficient (Wildman–Crippen LogP) is 1.05. The van der Waals surface area contributed by atoms with E-state index < -0.39 is 6.16 Å². The van der Waals surface area contributed by atoms with E-state index in [1.165, 1.54) is 6.42 Å². The van der Waals surface area contributed by atoms with Crippen LogP contribution >= 0.6 is 0 Å². The highest BCUT2D eigenvalue weighted by atomic mass is 16.8. The van der Waals surface area contributed by atoms with E-state index in [0.717, 1.165) is 12.8 Å². The molecule has 6 atom stereocenters. The van der Waals surface area contributed by atoms with Gasteiger partial charge in [-0.15, -0.1) is 0 Å². The smallest absolute Gasteiger partial charge is 0.427 e. The molecular formula is C11H15NO3. The van der Waals surface area contributed by atoms with Crippen molar-refractivity contribution in [2.75, 3.05) is 0 Å². The van der Waals surface area contributed by atoms with Crippen molar-refractivity contribution in [1.29, 1.82) is 0 Å². The average Bonchev–Trinajstić information content (AvgIpc) is 2.48. The van der Waals surface area contributed by atoms with Gasteiger partial charge in [-0.2, -0.15) is 0 Å². The molecule has 0 radical (unpaired) electrons. The Morgan fingerprint density at radius 1 is 1.33 bits per heavy atom. The van der Waals surface area contributed by atoms with Crippen molar-refractivity contribution in [1.82, 2.24) is 5.32 Å². The average molecular weight is 209 g/mol. The minimum absolute atomic E-state index is 0.00660. The normalized spacial score (nSPS) is 60.1. The summed E-state index contributed by atoms with van der Waals surface area (Å²) < 4.78 is 10.5. The van der Waals surface area contributed by atoms with Gasteiger partial charge in [0.05, 0.1) is 0 Å². The summed E-state index contributed by atoms with van der Waals surface area (Å²) in [5.41, 5.74) is 0.473. The Labute approximate surface area is 88.3 Å². The summed E-state index contributed by atoms with van der Waals surface area (Å²) in [5, 5.41) is 3.60. The van der Waals surface area contributed by atoms with Crippen LogP contribution in [0.5, 0.6) is 0 Å². The number of hydrogen-bond donors (Lipinski definition) is 1. The molecule has 82 valence electrons. The number of ether oxygens (including phenoxy) is 2. The molecule has 4 aliphatic heterocycles. The second-order valence-electron chi connectivity index (χ2n) is 5.77. The van der Waals surface area contributed by atoms with E-state index in [2.05, 4.69) is 12.2 Å². The fraction of sp³-hybridized carbons (Fsp3) is 0.909. The molecule has 4 saturated heterocycles. The summed E-state index contributed by atoms with van der Waals surface area (Å²) in [4.78, 5) is 11.1. The Hall–Kier alpha value is -0.770. The van der Waals surface area contributed by atoms with Crippen molar-refractivity contribution in [3.63, 3.8) is 0 Å². The third-order valence-electron chi connectivity index (χ3n) is 4.91. The SMILES string of the molecule is CC12CC3NC(C1)C2CC1OC(=O)OC31. The van der Waals surface area contributed by atoms with Crippen molar-refractivity contribution >= 4 is 6.16 Å². The summed E-state index contributed by atoms with van der Waals surface area (Å²) >= 11 is 0. The molecule has 2 aliphatic carbocycles. The molecule has 4 heterocycles. The lowest BCUT2D eigenvalue weighted by Crippen LogP contribution is -2.66. The Bertz CT molecular complexity index is 345. The molecule has 0 amide bonds. The monoisotopic (exact) mass is 209 g/mol. The van der Waals surface area contributed by atoms with Crippen LogP contribution in [0.15, 0.2) is 0 Å². The largest absolute Gasteiger partial charge is 0.509 e. The quantitative estimate of drug-likeness (QED) is 0.606. The Balaban J connectivity index is 1.71. The van der Waals surface area contributed by atoms with Crippen molar-refractivity contribution in [2.45, 2.75) is 50.5 Å². The predicted molar refractivity (Wildman–Crippen MR) is 51.3 cm³/mol. The minimum atomic E-state index is -0.474. The van der Waals surface area contributed by atoms with Gasteiger partial charge in [-0.25, -0.2) is 4.79 Å². The molecule has 6 aliphatic rings. The molecule has 6 unspecified atom stereocenters. The van der Waals surface area contributed by atoms with Crippen molar-refractivity contribution < 1.29 is 14.3 Å². The molecular weight excluding hydrogens is 194 g/mol. The van der Waals surface area contributed by atoms with Crippen LogP contribution in [-0.4, -0.2) is 30.4 Å². The molecule has 4 nitrogen and oxygen atoms in total. The standard InChI is InChI=1S/C11H15NO3/c1-11-3-6-5(11)2-8-9(7(4-11)12-6)15-10(13)14-8/h5-9,12H,2-4H2,1H3. The van der Waals surface area contributed by atoms with Crippen LogP contribution in [0.1, 0.15) is 26.2 Å². The summed E-state index contributed by atoms with van der Waals surface area (Å²) in [5.74, 6) is 0.679. The number of nitrogens with one attached hydrogen (secondary N) is 1. The Kier molecular flexibility index (Phi) is 1.30. The zero-order chi connectivity index (χ0) is 10.2. The van der Waals surface area contributed by atoms with Gasteiger partial charge in [0.1, 0.15) is 6.10 Å². The first kappa shape index (κ1) is 8.39. The van der Waals surface area contributed by atoms with Crippen molar-refractivity contribution in [2.24, 2.45) is 11.3 Å². The van der Waals surface area contributed by atoms with E-state index in [1.54, 1.807) is 0 Å². The van der Waals surface area contributed by atoms with E-state index in [0.29, 0.717) is 23.4 Å². The van der Waals surface area contributed by atoms with E-state index in [9.17, 15) is 4.79 Å². The van der Waals surface area contributed by atoms with Crippen LogP contribution in [0.3, 0.4) is 0 Å². The van der Waals surface area contributed by atoms with Gasteiger partial charge < -0.3 is 14.8 Å². The molecule has 6 fully saturated rings. The van der Waals surface area contributed by atoms with E-state index in [1.807, 2.05) is 0 Å². The second-order valence-corrected chi connectivity index (χ2v) is 5.77. The first-order valence-electron chi connectivity index (χ1n) is 5.79. The molecule has 4 heteroatoms. The maximum atomic E-state index is 11.1. The molecule has 15 heavy (non-hydrogen) atoms. The number of rotatable bonds is 0. The minimum Gasteiger partial charge on any atom is -0.427 e. The maximum absolute atomic E-state index is 11.1. The third-order valence-corrected chi connectivity index (χ3v) is 4.91. The third kappa shape index (κ3) is 0.893. The molecule has 0 aromatic rings. The first-order chi connectivity index (χ1) is 7.16. The van der Waals surface area contributed by atoms with Gasteiger partial charge in [0.15, 0.2) is 6.10 Å². The van der Waals surface area contributed by atoms with E-state index in [-0.39, 0.29) is 12.2 Å². The number of piperidine rings is 2. The van der Waals surface area contributed by atoms with Gasteiger partial charge in [0, 0.05) is 12.1 Å². The summed E-state index contributed by atoms with van der Waals surface area (Å²) in [6.07, 6.45) is 2.90. The second kappa shape index (κ2) is 2.32. The molecule has 6 rings (SSSR count). The van der Waals surface area contributed by atoms with Gasteiger partial charge >= 0.3 is 6.16 Å². The Morgan fingerprint density at radius 3 is 2.93 bits per heavy atom. The van der Waals surface area contributed by atoms with E-state index in [4.69, 9.17) is 9.47 Å². The van der Waals surface area contributed by atoms with Crippen LogP contribution in [0, 0.1) is 11.3 Å². The molecule has 0 aromatic carbocycles. The summed E-state index contributed by atoms with van der Waals surface area (Å²) in [6.45, 7) is 2.37. The zero-order valence-corrected chi connectivity index (χ0v) is 8.73. The van der Waals surface area contributed by atoms with Crippen molar-refractivity contribution in [3.8, 4) is 0 Å². The van der Waals surface area contributed by atoms with E-state index >= 15 is 0 Å². The first-order valence-corrected chi connectivity index (χ1v) is 5.79. The molecule has 2 saturated carbocycles. The molecule has 1 N–H and O–H groups in total. The number of hydrogen-bond acceptors (Lipinski definition) is 4. The lowest BCUT2D eigenvalue weighted by Gasteiger charge is -2.59. The summed E-state index contributed by atoms with van der Waals surface area (Å²) in [6, 6.07) is 0.964. The lowest BCUT2D eigenvalue weighted by atomic mass is 9.53. The highest BCUT2D eigenvalue weighted by Crippen LogP contribution is 2.58. The Morgan fingerprint density at radius 2 is 2.13 bits per heavy atom. The molecule has 4 bridgehead atoms. The number of carbonyl (C=O) groups excluding carboxylic acids is 1. The van der Waals surface area contributed by atoms with Crippen LogP contribution in [0.4, 0.5) is 4.79 Å². The van der Waals surface area contributed by atoms with Gasteiger partial charge in [-0.1, -0.05) is 6.92 Å². The van der Waals surface area contributed by atoms with Gasteiger partial charge in [0.2, 0.25) is 0 Å². The van der Waals surface area contributed by atoms with Gasteiger partial charge in [-0.3, -0.25) is 0 Å². The van der Waals surface area contributed by atoms with Crippen LogP contribution < -0.4 is 5.32 Å². The topological polar surface area (TPSA) is 47.6 Å². The fourth-order valence-electron chi connectivity index (χ4n) is 4.21. The zero-order valence-electron chi connectivity index (χ0n) is 8.73. The highest BCUT2D eigenvalue weighted by Gasteiger charge is 2.63. The van der Waals surface area contributed by atoms with Crippen LogP contribution in [-0.2, 0) is 9.47 Å². The van der Waals surface area contributed by atoms with Gasteiger partial charge in [0.25, 0.3) is 0 Å². The molecule has 0 aromatic heterocycles. The van der Waals surface area contributed by atoms with Crippen molar-refractivity contribution in [3.05, 3.63) is 0 Å². The highest BCUT2D eigenvalue weighted by molar-refractivity contribution is 5.63. The van der Waals surface area contributed by atoms with Gasteiger partial charge in [-0.05, 0) is 30.6 Å². The fourth-order valence-corrected chi connectivity index (χ4v) is 4.21. The lowest BCUT2D eigenvalue weighted by molar-refractivity contribution is -0.0663. The molecule has 0 spiro atoms. The summed E-state index contributed by atoms with van der Waals surface area (Å²) in [7, 11) is 0. The van der Waals surface area contributed by atoms with Crippen LogP contribution in [0.25, 0.3) is 0 Å². The van der Waals surface area contributed by atoms with Crippen LogP contribution in [0.2, 0.25) is 0 Å². The maximum Gasteiger partial charge on any atom is 0.509 e.